The van der Waals surface area contributed by atoms with Crippen molar-refractivity contribution in [3.05, 3.63) is 0 Å². The number of hydrogen-bond acceptors (Lipinski definition) is 3. The molecule has 4 nitrogen and oxygen atoms in total. The first-order valence-corrected chi connectivity index (χ1v) is 8.96. The van der Waals surface area contributed by atoms with E-state index in [0.29, 0.717) is 18.8 Å². The molecule has 1 saturated heterocycles. The Labute approximate surface area is 124 Å². The van der Waals surface area contributed by atoms with Crippen LogP contribution in [0.25, 0.3) is 0 Å². The van der Waals surface area contributed by atoms with E-state index in [4.69, 9.17) is 0 Å². The fourth-order valence-corrected chi connectivity index (χ4v) is 4.70. The van der Waals surface area contributed by atoms with Crippen molar-refractivity contribution in [2.75, 3.05) is 31.9 Å². The van der Waals surface area contributed by atoms with Gasteiger partial charge >= 0.3 is 0 Å². The summed E-state index contributed by atoms with van der Waals surface area (Å²) in [4.78, 5) is 2.50. The Morgan fingerprint density at radius 2 is 1.63 bits per heavy atom. The number of rotatable bonds is 5. The van der Waals surface area contributed by atoms with Crippen molar-refractivity contribution in [3.63, 3.8) is 0 Å². The fourth-order valence-electron chi connectivity index (χ4n) is 3.07. The Morgan fingerprint density at radius 3 is 2.16 bits per heavy atom. The fraction of sp³-hybridized carbons (Fsp3) is 1.00. The van der Waals surface area contributed by atoms with Gasteiger partial charge in [0, 0.05) is 32.2 Å². The van der Waals surface area contributed by atoms with E-state index in [9.17, 15) is 8.42 Å². The highest BCUT2D eigenvalue weighted by Crippen LogP contribution is 2.24. The highest BCUT2D eigenvalue weighted by molar-refractivity contribution is 7.89. The molecule has 0 unspecified atom stereocenters. The van der Waals surface area contributed by atoms with Crippen LogP contribution in [0.15, 0.2) is 0 Å². The maximum absolute atomic E-state index is 12.1. The summed E-state index contributed by atoms with van der Waals surface area (Å²) in [7, 11) is -2.99. The minimum atomic E-state index is -2.99. The highest BCUT2D eigenvalue weighted by Gasteiger charge is 2.30. The van der Waals surface area contributed by atoms with Crippen molar-refractivity contribution in [3.8, 4) is 0 Å². The van der Waals surface area contributed by atoms with Crippen LogP contribution in [0.5, 0.6) is 0 Å². The van der Waals surface area contributed by atoms with Crippen LogP contribution in [0.2, 0.25) is 0 Å². The Balaban J connectivity index is 0.00000180. The van der Waals surface area contributed by atoms with Gasteiger partial charge in [-0.2, -0.15) is 4.31 Å². The lowest BCUT2D eigenvalue weighted by atomic mass is 10.2. The molecule has 0 radical (unpaired) electrons. The summed E-state index contributed by atoms with van der Waals surface area (Å²) in [6.45, 7) is 5.28. The zero-order chi connectivity index (χ0) is 13.0. The molecular weight excluding hydrogens is 284 g/mol. The summed E-state index contributed by atoms with van der Waals surface area (Å²) in [5.74, 6) is 0.326. The van der Waals surface area contributed by atoms with Crippen LogP contribution in [0, 0.1) is 0 Å². The summed E-state index contributed by atoms with van der Waals surface area (Å²) < 4.78 is 25.9. The molecule has 2 rings (SSSR count). The van der Waals surface area contributed by atoms with Gasteiger partial charge in [0.05, 0.1) is 5.75 Å². The third-order valence-electron chi connectivity index (χ3n) is 4.26. The second kappa shape index (κ2) is 7.81. The SMILES string of the molecule is CCCCS(=O)(=O)N1CCN(C2CCCC2)CC1.Cl. The maximum atomic E-state index is 12.1. The van der Waals surface area contributed by atoms with Crippen LogP contribution in [0.4, 0.5) is 0 Å². The summed E-state index contributed by atoms with van der Waals surface area (Å²) in [6, 6.07) is 0.727. The van der Waals surface area contributed by atoms with Gasteiger partial charge in [-0.05, 0) is 19.3 Å². The molecule has 0 atom stereocenters. The second-order valence-corrected chi connectivity index (χ2v) is 7.63. The van der Waals surface area contributed by atoms with Gasteiger partial charge in [-0.15, -0.1) is 12.4 Å². The quantitative estimate of drug-likeness (QED) is 0.781. The van der Waals surface area contributed by atoms with Gasteiger partial charge in [0.25, 0.3) is 0 Å². The zero-order valence-corrected chi connectivity index (χ0v) is 13.5. The smallest absolute Gasteiger partial charge is 0.214 e. The summed E-state index contributed by atoms with van der Waals surface area (Å²) in [5, 5.41) is 0. The molecule has 2 fully saturated rings. The van der Waals surface area contributed by atoms with Gasteiger partial charge in [0.2, 0.25) is 10.0 Å². The minimum Gasteiger partial charge on any atom is -0.298 e. The van der Waals surface area contributed by atoms with Crippen LogP contribution in [-0.2, 0) is 10.0 Å². The highest BCUT2D eigenvalue weighted by atomic mass is 35.5. The van der Waals surface area contributed by atoms with Crippen LogP contribution in [-0.4, -0.2) is 55.6 Å². The summed E-state index contributed by atoms with van der Waals surface area (Å²) >= 11 is 0. The molecule has 0 spiro atoms. The van der Waals surface area contributed by atoms with Crippen LogP contribution >= 0.6 is 12.4 Å². The Hall–Kier alpha value is 0.160. The molecule has 0 amide bonds. The number of hydrogen-bond donors (Lipinski definition) is 0. The average molecular weight is 311 g/mol. The molecule has 0 aromatic carbocycles. The first-order chi connectivity index (χ1) is 8.63. The van der Waals surface area contributed by atoms with E-state index in [1.807, 2.05) is 6.92 Å². The molecule has 1 aliphatic carbocycles. The molecule has 0 aromatic rings. The predicted octanol–water partition coefficient (Wildman–Crippen LogP) is 2.10. The van der Waals surface area contributed by atoms with E-state index in [1.165, 1.54) is 25.7 Å². The average Bonchev–Trinajstić information content (AvgIpc) is 2.90. The van der Waals surface area contributed by atoms with Crippen molar-refractivity contribution in [1.29, 1.82) is 0 Å². The number of sulfonamides is 1. The van der Waals surface area contributed by atoms with Crippen molar-refractivity contribution in [2.45, 2.75) is 51.5 Å². The summed E-state index contributed by atoms with van der Waals surface area (Å²) in [5.41, 5.74) is 0. The van der Waals surface area contributed by atoms with Gasteiger partial charge in [0.1, 0.15) is 0 Å². The van der Waals surface area contributed by atoms with Crippen molar-refractivity contribution in [2.24, 2.45) is 0 Å². The number of unbranched alkanes of at least 4 members (excludes halogenated alkanes) is 1. The molecule has 19 heavy (non-hydrogen) atoms. The molecule has 0 bridgehead atoms. The molecule has 0 N–H and O–H groups in total. The molecule has 6 heteroatoms. The first kappa shape index (κ1) is 17.2. The van der Waals surface area contributed by atoms with Crippen molar-refractivity contribution in [1.82, 2.24) is 9.21 Å². The van der Waals surface area contributed by atoms with E-state index < -0.39 is 10.0 Å². The van der Waals surface area contributed by atoms with Gasteiger partial charge in [0.15, 0.2) is 0 Å². The lowest BCUT2D eigenvalue weighted by molar-refractivity contribution is 0.139. The number of halogens is 1. The Morgan fingerprint density at radius 1 is 1.05 bits per heavy atom. The zero-order valence-electron chi connectivity index (χ0n) is 11.9. The second-order valence-electron chi connectivity index (χ2n) is 5.54. The molecule has 114 valence electrons. The number of piperazine rings is 1. The van der Waals surface area contributed by atoms with E-state index in [2.05, 4.69) is 4.90 Å². The van der Waals surface area contributed by atoms with Crippen LogP contribution in [0.1, 0.15) is 45.4 Å². The normalized spacial score (nSPS) is 23.4. The van der Waals surface area contributed by atoms with Gasteiger partial charge in [-0.3, -0.25) is 4.90 Å². The summed E-state index contributed by atoms with van der Waals surface area (Å²) in [6.07, 6.45) is 7.04. The minimum absolute atomic E-state index is 0. The maximum Gasteiger partial charge on any atom is 0.214 e. The lowest BCUT2D eigenvalue weighted by Crippen LogP contribution is -2.51. The van der Waals surface area contributed by atoms with Gasteiger partial charge in [-0.25, -0.2) is 8.42 Å². The van der Waals surface area contributed by atoms with E-state index >= 15 is 0 Å². The third-order valence-corrected chi connectivity index (χ3v) is 6.22. The Bertz CT molecular complexity index is 348. The van der Waals surface area contributed by atoms with Crippen molar-refractivity contribution >= 4 is 22.4 Å². The third kappa shape index (κ3) is 4.59. The van der Waals surface area contributed by atoms with E-state index in [1.54, 1.807) is 4.31 Å². The van der Waals surface area contributed by atoms with Crippen LogP contribution in [0.3, 0.4) is 0 Å². The molecule has 1 aliphatic heterocycles. The molecule has 0 aromatic heterocycles. The topological polar surface area (TPSA) is 40.6 Å². The lowest BCUT2D eigenvalue weighted by Gasteiger charge is -2.37. The van der Waals surface area contributed by atoms with Crippen LogP contribution < -0.4 is 0 Å². The standard InChI is InChI=1S/C13H26N2O2S.ClH/c1-2-3-12-18(16,17)15-10-8-14(9-11-15)13-6-4-5-7-13;/h13H,2-12H2,1H3;1H. The van der Waals surface area contributed by atoms with E-state index in [-0.39, 0.29) is 12.4 Å². The monoisotopic (exact) mass is 310 g/mol. The Kier molecular flexibility index (Phi) is 7.08. The van der Waals surface area contributed by atoms with E-state index in [0.717, 1.165) is 32.0 Å². The molecule has 2 aliphatic rings. The van der Waals surface area contributed by atoms with Gasteiger partial charge < -0.3 is 0 Å². The molecule has 1 heterocycles. The van der Waals surface area contributed by atoms with Gasteiger partial charge in [-0.1, -0.05) is 26.2 Å². The first-order valence-electron chi connectivity index (χ1n) is 7.35. The molecular formula is C13H27ClN2O2S. The molecule has 1 saturated carbocycles. The van der Waals surface area contributed by atoms with Crippen molar-refractivity contribution < 1.29 is 8.42 Å². The predicted molar refractivity (Wildman–Crippen MR) is 81.3 cm³/mol. The number of nitrogens with zero attached hydrogens (tertiary/aromatic N) is 2. The largest absolute Gasteiger partial charge is 0.298 e.